The van der Waals surface area contributed by atoms with E-state index in [2.05, 4.69) is 0 Å². The molecule has 0 aliphatic carbocycles. The van der Waals surface area contributed by atoms with E-state index < -0.39 is 15.6 Å². The van der Waals surface area contributed by atoms with Gasteiger partial charge in [-0.25, -0.2) is 8.42 Å². The third-order valence-corrected chi connectivity index (χ3v) is 5.98. The highest BCUT2D eigenvalue weighted by atomic mass is 32.2. The van der Waals surface area contributed by atoms with E-state index in [0.717, 1.165) is 17.4 Å². The predicted molar refractivity (Wildman–Crippen MR) is 100.0 cm³/mol. The van der Waals surface area contributed by atoms with Crippen LogP contribution in [0, 0.1) is 0 Å². The minimum Gasteiger partial charge on any atom is -0.493 e. The fourth-order valence-corrected chi connectivity index (χ4v) is 4.51. The molecule has 26 heavy (non-hydrogen) atoms. The van der Waals surface area contributed by atoms with Gasteiger partial charge in [0.25, 0.3) is 0 Å². The number of hydrogen-bond donors (Lipinski definition) is 0. The lowest BCUT2D eigenvalue weighted by Gasteiger charge is -2.36. The number of methoxy groups -OCH3 is 2. The highest BCUT2D eigenvalue weighted by Crippen LogP contribution is 2.33. The van der Waals surface area contributed by atoms with Gasteiger partial charge in [-0.15, -0.1) is 0 Å². The molecule has 0 spiro atoms. The van der Waals surface area contributed by atoms with E-state index in [4.69, 9.17) is 9.47 Å². The van der Waals surface area contributed by atoms with Gasteiger partial charge in [-0.1, -0.05) is 0 Å². The number of sulfonamides is 1. The van der Waals surface area contributed by atoms with Gasteiger partial charge >= 0.3 is 0 Å². The second-order valence-electron chi connectivity index (χ2n) is 7.48. The summed E-state index contributed by atoms with van der Waals surface area (Å²) in [5.41, 5.74) is 1.44. The van der Waals surface area contributed by atoms with Crippen LogP contribution in [0.2, 0.25) is 0 Å². The van der Waals surface area contributed by atoms with Crippen LogP contribution in [-0.2, 0) is 27.8 Å². The third-order valence-electron chi connectivity index (χ3n) is 4.50. The molecule has 1 aromatic carbocycles. The lowest BCUT2D eigenvalue weighted by atomic mass is 9.98. The average Bonchev–Trinajstić information content (AvgIpc) is 2.55. The number of fused-ring (bicyclic) bond motifs is 1. The molecule has 1 aromatic rings. The van der Waals surface area contributed by atoms with Crippen molar-refractivity contribution in [2.75, 3.05) is 33.6 Å². The van der Waals surface area contributed by atoms with Gasteiger partial charge in [0.2, 0.25) is 15.9 Å². The van der Waals surface area contributed by atoms with Crippen molar-refractivity contribution in [1.29, 1.82) is 0 Å². The first-order valence-corrected chi connectivity index (χ1v) is 10.3. The van der Waals surface area contributed by atoms with E-state index in [1.807, 2.05) is 12.1 Å². The zero-order valence-corrected chi connectivity index (χ0v) is 17.1. The van der Waals surface area contributed by atoms with Crippen molar-refractivity contribution in [3.63, 3.8) is 0 Å². The largest absolute Gasteiger partial charge is 0.493 e. The van der Waals surface area contributed by atoms with Gasteiger partial charge in [0.05, 0.1) is 27.0 Å². The van der Waals surface area contributed by atoms with Gasteiger partial charge < -0.3 is 14.4 Å². The molecule has 0 aromatic heterocycles. The van der Waals surface area contributed by atoms with Crippen LogP contribution < -0.4 is 9.47 Å². The molecular formula is C18H28N2O5S. The summed E-state index contributed by atoms with van der Waals surface area (Å²) in [4.78, 5) is 14.4. The smallest absolute Gasteiger partial charge is 0.238 e. The van der Waals surface area contributed by atoms with Crippen molar-refractivity contribution in [3.05, 3.63) is 23.3 Å². The van der Waals surface area contributed by atoms with Gasteiger partial charge in [0.1, 0.15) is 0 Å². The van der Waals surface area contributed by atoms with Crippen LogP contribution in [0.5, 0.6) is 11.5 Å². The Bertz CT molecular complexity index is 784. The molecule has 1 aliphatic heterocycles. The molecule has 8 heteroatoms. The van der Waals surface area contributed by atoms with Crippen LogP contribution in [-0.4, -0.2) is 62.6 Å². The van der Waals surface area contributed by atoms with E-state index in [0.29, 0.717) is 31.0 Å². The normalized spacial score (nSPS) is 15.0. The SMILES string of the molecule is COc1cc2c(cc1OC)CN(C(=O)CN(C(C)(C)C)S(C)(=O)=O)CC2. The summed E-state index contributed by atoms with van der Waals surface area (Å²) in [7, 11) is -0.322. The van der Waals surface area contributed by atoms with E-state index >= 15 is 0 Å². The van der Waals surface area contributed by atoms with E-state index in [1.165, 1.54) is 4.31 Å². The zero-order valence-electron chi connectivity index (χ0n) is 16.3. The van der Waals surface area contributed by atoms with Crippen molar-refractivity contribution < 1.29 is 22.7 Å². The van der Waals surface area contributed by atoms with Crippen LogP contribution in [0.3, 0.4) is 0 Å². The van der Waals surface area contributed by atoms with Crippen molar-refractivity contribution >= 4 is 15.9 Å². The third kappa shape index (κ3) is 4.48. The minimum atomic E-state index is -3.49. The molecule has 0 saturated heterocycles. The number of nitrogens with zero attached hydrogens (tertiary/aromatic N) is 2. The molecule has 0 N–H and O–H groups in total. The van der Waals surface area contributed by atoms with Gasteiger partial charge in [-0.3, -0.25) is 4.79 Å². The van der Waals surface area contributed by atoms with E-state index in [9.17, 15) is 13.2 Å². The Balaban J connectivity index is 2.21. The molecule has 0 saturated carbocycles. The van der Waals surface area contributed by atoms with E-state index in [1.54, 1.807) is 39.9 Å². The lowest BCUT2D eigenvalue weighted by molar-refractivity contribution is -0.133. The molecule has 7 nitrogen and oxygen atoms in total. The second kappa shape index (κ2) is 7.44. The highest BCUT2D eigenvalue weighted by Gasteiger charge is 2.33. The molecule has 1 aliphatic rings. The molecule has 0 fully saturated rings. The van der Waals surface area contributed by atoms with Crippen LogP contribution >= 0.6 is 0 Å². The minimum absolute atomic E-state index is 0.162. The molecule has 0 radical (unpaired) electrons. The van der Waals surface area contributed by atoms with Crippen molar-refractivity contribution in [3.8, 4) is 11.5 Å². The molecule has 2 rings (SSSR count). The first-order valence-electron chi connectivity index (χ1n) is 8.46. The average molecular weight is 384 g/mol. The fourth-order valence-electron chi connectivity index (χ4n) is 3.17. The Hall–Kier alpha value is -1.80. The number of amides is 1. The number of hydrogen-bond acceptors (Lipinski definition) is 5. The van der Waals surface area contributed by atoms with Crippen LogP contribution in [0.15, 0.2) is 12.1 Å². The Labute approximate surface area is 155 Å². The number of benzene rings is 1. The molecule has 1 heterocycles. The zero-order chi connectivity index (χ0) is 19.7. The van der Waals surface area contributed by atoms with E-state index in [-0.39, 0.29) is 12.5 Å². The summed E-state index contributed by atoms with van der Waals surface area (Å²) in [5, 5.41) is 0. The monoisotopic (exact) mass is 384 g/mol. The highest BCUT2D eigenvalue weighted by molar-refractivity contribution is 7.88. The summed E-state index contributed by atoms with van der Waals surface area (Å²) in [6.45, 7) is 6.15. The summed E-state index contributed by atoms with van der Waals surface area (Å²) < 4.78 is 36.1. The summed E-state index contributed by atoms with van der Waals surface area (Å²) >= 11 is 0. The lowest BCUT2D eigenvalue weighted by Crippen LogP contribution is -2.51. The van der Waals surface area contributed by atoms with Crippen molar-refractivity contribution in [2.24, 2.45) is 0 Å². The number of carbonyl (C=O) groups is 1. The topological polar surface area (TPSA) is 76.2 Å². The maximum atomic E-state index is 12.8. The van der Waals surface area contributed by atoms with Crippen molar-refractivity contribution in [2.45, 2.75) is 39.3 Å². The van der Waals surface area contributed by atoms with Crippen molar-refractivity contribution in [1.82, 2.24) is 9.21 Å². The number of carbonyl (C=O) groups excluding carboxylic acids is 1. The van der Waals surface area contributed by atoms with Crippen LogP contribution in [0.25, 0.3) is 0 Å². The first kappa shape index (κ1) is 20.5. The molecule has 0 atom stereocenters. The molecule has 146 valence electrons. The quantitative estimate of drug-likeness (QED) is 0.772. The van der Waals surface area contributed by atoms with Gasteiger partial charge in [0.15, 0.2) is 11.5 Å². The summed E-state index contributed by atoms with van der Waals surface area (Å²) in [6, 6.07) is 3.82. The maximum absolute atomic E-state index is 12.8. The van der Waals surface area contributed by atoms with Crippen LogP contribution in [0.1, 0.15) is 31.9 Å². The first-order chi connectivity index (χ1) is 12.0. The van der Waals surface area contributed by atoms with Gasteiger partial charge in [0, 0.05) is 18.6 Å². The predicted octanol–water partition coefficient (Wildman–Crippen LogP) is 1.65. The maximum Gasteiger partial charge on any atom is 0.238 e. The number of rotatable bonds is 5. The molecular weight excluding hydrogens is 356 g/mol. The molecule has 0 bridgehead atoms. The van der Waals surface area contributed by atoms with Crippen LogP contribution in [0.4, 0.5) is 0 Å². The Kier molecular flexibility index (Phi) is 5.87. The van der Waals surface area contributed by atoms with Gasteiger partial charge in [-0.05, 0) is 50.5 Å². The Morgan fingerprint density at radius 2 is 1.69 bits per heavy atom. The Morgan fingerprint density at radius 3 is 2.15 bits per heavy atom. The number of ether oxygens (including phenoxy) is 2. The standard InChI is InChI=1S/C18H28N2O5S/c1-18(2,3)20(26(6,22)23)12-17(21)19-8-7-13-9-15(24-4)16(25-5)10-14(13)11-19/h9-10H,7-8,11-12H2,1-6H3. The fraction of sp³-hybridized carbons (Fsp3) is 0.611. The summed E-state index contributed by atoms with van der Waals surface area (Å²) in [5.74, 6) is 1.08. The summed E-state index contributed by atoms with van der Waals surface area (Å²) in [6.07, 6.45) is 1.82. The van der Waals surface area contributed by atoms with Gasteiger partial charge in [-0.2, -0.15) is 4.31 Å². The molecule has 1 amide bonds. The molecule has 0 unspecified atom stereocenters. The second-order valence-corrected chi connectivity index (χ2v) is 9.39. The Morgan fingerprint density at radius 1 is 1.15 bits per heavy atom.